The van der Waals surface area contributed by atoms with Crippen molar-refractivity contribution in [2.45, 2.75) is 32.6 Å². The lowest BCUT2D eigenvalue weighted by atomic mass is 9.97. The van der Waals surface area contributed by atoms with E-state index in [1.54, 1.807) is 24.8 Å². The number of nitrogens with zero attached hydrogens (tertiary/aromatic N) is 2. The van der Waals surface area contributed by atoms with Gasteiger partial charge in [0.05, 0.1) is 19.2 Å². The quantitative estimate of drug-likeness (QED) is 0.320. The van der Waals surface area contributed by atoms with Crippen molar-refractivity contribution in [1.82, 2.24) is 9.97 Å². The van der Waals surface area contributed by atoms with Crippen LogP contribution < -0.4 is 10.1 Å². The van der Waals surface area contributed by atoms with E-state index in [1.807, 2.05) is 18.2 Å². The molecule has 0 aliphatic rings. The van der Waals surface area contributed by atoms with E-state index >= 15 is 0 Å². The number of methoxy groups -OCH3 is 1. The number of ether oxygens (including phenoxy) is 1. The first-order chi connectivity index (χ1) is 16.1. The number of rotatable bonds is 10. The third-order valence-electron chi connectivity index (χ3n) is 5.59. The normalized spacial score (nSPS) is 11.0. The number of fused-ring (bicyclic) bond motifs is 1. The van der Waals surface area contributed by atoms with Crippen molar-refractivity contribution in [3.05, 3.63) is 70.9 Å². The van der Waals surface area contributed by atoms with Gasteiger partial charge in [0.2, 0.25) is 0 Å². The second kappa shape index (κ2) is 10.4. The molecular weight excluding hydrogens is 434 g/mol. The molecule has 4 rings (SSSR count). The summed E-state index contributed by atoms with van der Waals surface area (Å²) >= 11 is 1.71. The maximum absolute atomic E-state index is 11.2. The molecule has 0 unspecified atom stereocenters. The number of carboxylic acids is 1. The molecule has 0 amide bonds. The monoisotopic (exact) mass is 461 g/mol. The molecule has 2 aromatic carbocycles. The topological polar surface area (TPSA) is 84.3 Å². The molecule has 0 aliphatic carbocycles. The molecule has 0 aliphatic heterocycles. The van der Waals surface area contributed by atoms with Gasteiger partial charge in [0.1, 0.15) is 17.9 Å². The Morgan fingerprint density at radius 3 is 2.73 bits per heavy atom. The summed E-state index contributed by atoms with van der Waals surface area (Å²) in [5, 5.41) is 15.9. The van der Waals surface area contributed by atoms with Crippen molar-refractivity contribution in [1.29, 1.82) is 0 Å². The van der Waals surface area contributed by atoms with E-state index in [-0.39, 0.29) is 6.42 Å². The van der Waals surface area contributed by atoms with Crippen LogP contribution in [0, 0.1) is 0 Å². The van der Waals surface area contributed by atoms with Gasteiger partial charge in [0.15, 0.2) is 0 Å². The van der Waals surface area contributed by atoms with Crippen molar-refractivity contribution >= 4 is 33.2 Å². The van der Waals surface area contributed by atoms with Crippen LogP contribution >= 0.6 is 11.3 Å². The lowest BCUT2D eigenvalue weighted by Gasteiger charge is -2.12. The van der Waals surface area contributed by atoms with E-state index < -0.39 is 5.97 Å². The highest BCUT2D eigenvalue weighted by Crippen LogP contribution is 2.30. The Morgan fingerprint density at radius 1 is 1.06 bits per heavy atom. The second-order valence-electron chi connectivity index (χ2n) is 7.89. The molecule has 0 radical (unpaired) electrons. The summed E-state index contributed by atoms with van der Waals surface area (Å²) < 4.78 is 6.81. The molecule has 4 aromatic rings. The minimum Gasteiger partial charge on any atom is -0.496 e. The van der Waals surface area contributed by atoms with Crippen molar-refractivity contribution in [3.63, 3.8) is 0 Å². The van der Waals surface area contributed by atoms with E-state index in [0.717, 1.165) is 58.8 Å². The van der Waals surface area contributed by atoms with Crippen molar-refractivity contribution in [3.8, 4) is 17.0 Å². The minimum atomic E-state index is -0.816. The van der Waals surface area contributed by atoms with Gasteiger partial charge in [-0.2, -0.15) is 0 Å². The van der Waals surface area contributed by atoms with E-state index in [1.165, 1.54) is 10.1 Å². The summed E-state index contributed by atoms with van der Waals surface area (Å²) in [6.45, 7) is 2.80. The van der Waals surface area contributed by atoms with Crippen LogP contribution in [0.15, 0.2) is 54.2 Å². The summed E-state index contributed by atoms with van der Waals surface area (Å²) in [5.41, 5.74) is 4.84. The number of hydrogen-bond donors (Lipinski definition) is 2. The third kappa shape index (κ3) is 5.49. The molecule has 170 valence electrons. The molecular formula is C26H27N3O3S. The second-order valence-corrected chi connectivity index (χ2v) is 8.84. The first-order valence-electron chi connectivity index (χ1n) is 11.0. The average molecular weight is 462 g/mol. The first-order valence-corrected chi connectivity index (χ1v) is 11.9. The first kappa shape index (κ1) is 22.7. The van der Waals surface area contributed by atoms with E-state index in [0.29, 0.717) is 6.54 Å². The van der Waals surface area contributed by atoms with Gasteiger partial charge < -0.3 is 15.2 Å². The Kier molecular flexibility index (Phi) is 7.19. The number of carboxylic acid groups (broad SMARTS) is 1. The van der Waals surface area contributed by atoms with Crippen LogP contribution in [0.3, 0.4) is 0 Å². The average Bonchev–Trinajstić information content (AvgIpc) is 3.27. The number of nitrogens with one attached hydrogen (secondary N) is 1. The zero-order valence-electron chi connectivity index (χ0n) is 18.8. The van der Waals surface area contributed by atoms with Gasteiger partial charge in [0.25, 0.3) is 0 Å². The largest absolute Gasteiger partial charge is 0.496 e. The van der Waals surface area contributed by atoms with Gasteiger partial charge in [0, 0.05) is 22.9 Å². The van der Waals surface area contributed by atoms with Crippen molar-refractivity contribution in [2.75, 3.05) is 19.0 Å². The molecule has 0 saturated heterocycles. The lowest BCUT2D eigenvalue weighted by Crippen LogP contribution is -2.08. The highest BCUT2D eigenvalue weighted by Gasteiger charge is 2.11. The minimum absolute atomic E-state index is 0.0346. The summed E-state index contributed by atoms with van der Waals surface area (Å²) in [6.07, 6.45) is 4.18. The van der Waals surface area contributed by atoms with E-state index in [4.69, 9.17) is 4.74 Å². The number of benzene rings is 2. The number of anilines is 1. The predicted molar refractivity (Wildman–Crippen MR) is 133 cm³/mol. The van der Waals surface area contributed by atoms with Crippen LogP contribution in [-0.2, 0) is 24.1 Å². The molecule has 0 atom stereocenters. The molecule has 0 fully saturated rings. The van der Waals surface area contributed by atoms with Crippen LogP contribution in [0.2, 0.25) is 0 Å². The molecule has 6 nitrogen and oxygen atoms in total. The summed E-state index contributed by atoms with van der Waals surface area (Å²) in [7, 11) is 1.71. The Hall–Kier alpha value is -3.45. The van der Waals surface area contributed by atoms with Crippen molar-refractivity contribution in [2.24, 2.45) is 0 Å². The van der Waals surface area contributed by atoms with Gasteiger partial charge in [-0.3, -0.25) is 4.79 Å². The zero-order valence-corrected chi connectivity index (χ0v) is 19.6. The number of carbonyl (C=O) groups is 1. The molecule has 2 heterocycles. The number of hydrogen-bond acceptors (Lipinski definition) is 6. The fraction of sp³-hybridized carbons (Fsp3) is 0.269. The Bertz CT molecular complexity index is 1270. The number of aryl methyl sites for hydroxylation is 1. The molecule has 0 spiro atoms. The summed E-state index contributed by atoms with van der Waals surface area (Å²) in [6, 6.07) is 14.2. The van der Waals surface area contributed by atoms with Crippen molar-refractivity contribution < 1.29 is 14.6 Å². The van der Waals surface area contributed by atoms with Crippen LogP contribution in [0.4, 0.5) is 5.82 Å². The molecule has 2 aromatic heterocycles. The van der Waals surface area contributed by atoms with Crippen LogP contribution in [-0.4, -0.2) is 34.7 Å². The summed E-state index contributed by atoms with van der Waals surface area (Å²) in [4.78, 5) is 20.0. The fourth-order valence-electron chi connectivity index (χ4n) is 3.98. The molecule has 2 N–H and O–H groups in total. The standard InChI is InChI=1S/C26H27N3O3S/c1-3-4-17-11-19(6-5-18(17)13-26(30)31)22-14-25(29-16-28-22)27-9-7-20-12-21-8-10-33-24(21)15-23(20)32-2/h5-6,8,10-12,14-16H,3-4,7,9,13H2,1-2H3,(H,30,31)(H,27,28,29). The molecule has 33 heavy (non-hydrogen) atoms. The Labute approximate surface area is 197 Å². The molecule has 0 bridgehead atoms. The molecule has 0 saturated carbocycles. The van der Waals surface area contributed by atoms with Gasteiger partial charge in [-0.15, -0.1) is 11.3 Å². The number of aromatic nitrogens is 2. The number of aliphatic carboxylic acids is 1. The SMILES string of the molecule is CCCc1cc(-c2cc(NCCc3cc4ccsc4cc3OC)ncn2)ccc1CC(=O)O. The number of thiophene rings is 1. The van der Waals surface area contributed by atoms with Crippen LogP contribution in [0.5, 0.6) is 5.75 Å². The van der Waals surface area contributed by atoms with Gasteiger partial charge in [-0.25, -0.2) is 9.97 Å². The highest BCUT2D eigenvalue weighted by molar-refractivity contribution is 7.17. The zero-order chi connectivity index (χ0) is 23.2. The maximum Gasteiger partial charge on any atom is 0.307 e. The lowest BCUT2D eigenvalue weighted by molar-refractivity contribution is -0.136. The third-order valence-corrected chi connectivity index (χ3v) is 6.47. The van der Waals surface area contributed by atoms with E-state index in [2.05, 4.69) is 51.9 Å². The van der Waals surface area contributed by atoms with Crippen LogP contribution in [0.1, 0.15) is 30.0 Å². The smallest absolute Gasteiger partial charge is 0.307 e. The summed E-state index contributed by atoms with van der Waals surface area (Å²) in [5.74, 6) is 0.839. The highest BCUT2D eigenvalue weighted by atomic mass is 32.1. The Balaban J connectivity index is 1.48. The molecule has 7 heteroatoms. The van der Waals surface area contributed by atoms with Gasteiger partial charge in [-0.05, 0) is 64.6 Å². The van der Waals surface area contributed by atoms with Gasteiger partial charge in [-0.1, -0.05) is 25.5 Å². The maximum atomic E-state index is 11.2. The Morgan fingerprint density at radius 2 is 1.94 bits per heavy atom. The van der Waals surface area contributed by atoms with Crippen LogP contribution in [0.25, 0.3) is 21.3 Å². The predicted octanol–water partition coefficient (Wildman–Crippen LogP) is 5.60. The fourth-order valence-corrected chi connectivity index (χ4v) is 4.78. The van der Waals surface area contributed by atoms with Gasteiger partial charge >= 0.3 is 5.97 Å². The van der Waals surface area contributed by atoms with E-state index in [9.17, 15) is 9.90 Å².